The highest BCUT2D eigenvalue weighted by Crippen LogP contribution is 2.39. The molecular weight excluding hydrogens is 238 g/mol. The minimum atomic E-state index is -0.0249. The third-order valence-electron chi connectivity index (χ3n) is 3.49. The Bertz CT molecular complexity index is 599. The molecule has 3 rings (SSSR count). The van der Waals surface area contributed by atoms with Gasteiger partial charge in [0, 0.05) is 17.7 Å². The Morgan fingerprint density at radius 1 is 1.42 bits per heavy atom. The van der Waals surface area contributed by atoms with Crippen LogP contribution in [-0.4, -0.2) is 16.1 Å². The van der Waals surface area contributed by atoms with Crippen molar-refractivity contribution >= 4 is 11.7 Å². The van der Waals surface area contributed by atoms with Gasteiger partial charge in [-0.1, -0.05) is 24.3 Å². The lowest BCUT2D eigenvalue weighted by Gasteiger charge is -2.04. The van der Waals surface area contributed by atoms with Crippen molar-refractivity contribution in [3.63, 3.8) is 0 Å². The van der Waals surface area contributed by atoms with E-state index >= 15 is 0 Å². The van der Waals surface area contributed by atoms with Crippen molar-refractivity contribution in [1.82, 2.24) is 10.2 Å². The Hall–Kier alpha value is -2.10. The first-order valence-electron chi connectivity index (χ1n) is 6.62. The number of carbonyl (C=O) groups is 1. The Morgan fingerprint density at radius 3 is 2.95 bits per heavy atom. The van der Waals surface area contributed by atoms with Crippen LogP contribution in [-0.2, 0) is 11.2 Å². The highest BCUT2D eigenvalue weighted by Gasteiger charge is 2.25. The lowest BCUT2D eigenvalue weighted by atomic mass is 10.1. The molecule has 2 aromatic rings. The van der Waals surface area contributed by atoms with Gasteiger partial charge in [-0.2, -0.15) is 5.10 Å². The molecule has 0 spiro atoms. The SMILES string of the molecule is Cc1ccccc1CC(=O)Nc1cc(C2CC2)[nH]n1. The fourth-order valence-electron chi connectivity index (χ4n) is 2.17. The van der Waals surface area contributed by atoms with Crippen LogP contribution in [0.2, 0.25) is 0 Å². The summed E-state index contributed by atoms with van der Waals surface area (Å²) in [7, 11) is 0. The quantitative estimate of drug-likeness (QED) is 0.882. The predicted molar refractivity (Wildman–Crippen MR) is 74.1 cm³/mol. The van der Waals surface area contributed by atoms with Crippen LogP contribution < -0.4 is 5.32 Å². The summed E-state index contributed by atoms with van der Waals surface area (Å²) in [6.45, 7) is 2.02. The largest absolute Gasteiger partial charge is 0.309 e. The maximum Gasteiger partial charge on any atom is 0.230 e. The van der Waals surface area contributed by atoms with Crippen molar-refractivity contribution in [3.05, 3.63) is 47.2 Å². The van der Waals surface area contributed by atoms with Crippen molar-refractivity contribution in [2.75, 3.05) is 5.32 Å². The van der Waals surface area contributed by atoms with E-state index in [2.05, 4.69) is 15.5 Å². The van der Waals surface area contributed by atoms with Crippen molar-refractivity contribution in [3.8, 4) is 0 Å². The lowest BCUT2D eigenvalue weighted by Crippen LogP contribution is -2.15. The van der Waals surface area contributed by atoms with Gasteiger partial charge in [-0.25, -0.2) is 0 Å². The molecule has 1 aromatic carbocycles. The molecule has 0 saturated heterocycles. The second-order valence-corrected chi connectivity index (χ2v) is 5.13. The molecule has 1 heterocycles. The van der Waals surface area contributed by atoms with E-state index in [4.69, 9.17) is 0 Å². The third-order valence-corrected chi connectivity index (χ3v) is 3.49. The summed E-state index contributed by atoms with van der Waals surface area (Å²) in [5, 5.41) is 9.95. The molecule has 1 fully saturated rings. The zero-order valence-electron chi connectivity index (χ0n) is 10.9. The van der Waals surface area contributed by atoms with Gasteiger partial charge in [0.2, 0.25) is 5.91 Å². The Balaban J connectivity index is 1.62. The first-order valence-corrected chi connectivity index (χ1v) is 6.62. The number of hydrogen-bond acceptors (Lipinski definition) is 2. The maximum absolute atomic E-state index is 12.0. The van der Waals surface area contributed by atoms with Gasteiger partial charge in [-0.05, 0) is 30.9 Å². The fourth-order valence-corrected chi connectivity index (χ4v) is 2.17. The molecule has 2 N–H and O–H groups in total. The summed E-state index contributed by atoms with van der Waals surface area (Å²) in [5.41, 5.74) is 3.32. The number of amides is 1. The van der Waals surface area contributed by atoms with Crippen LogP contribution in [0, 0.1) is 6.92 Å². The molecule has 1 saturated carbocycles. The highest BCUT2D eigenvalue weighted by atomic mass is 16.1. The molecule has 1 aromatic heterocycles. The van der Waals surface area contributed by atoms with Gasteiger partial charge in [0.15, 0.2) is 5.82 Å². The van der Waals surface area contributed by atoms with Crippen molar-refractivity contribution < 1.29 is 4.79 Å². The van der Waals surface area contributed by atoms with E-state index in [0.717, 1.165) is 16.8 Å². The predicted octanol–water partition coefficient (Wildman–Crippen LogP) is 2.78. The minimum absolute atomic E-state index is 0.0249. The van der Waals surface area contributed by atoms with E-state index in [1.165, 1.54) is 12.8 Å². The summed E-state index contributed by atoms with van der Waals surface area (Å²) in [6, 6.07) is 9.87. The molecule has 98 valence electrons. The van der Waals surface area contributed by atoms with Gasteiger partial charge in [0.25, 0.3) is 0 Å². The molecule has 19 heavy (non-hydrogen) atoms. The average molecular weight is 255 g/mol. The number of hydrogen-bond donors (Lipinski definition) is 2. The van der Waals surface area contributed by atoms with E-state index in [1.807, 2.05) is 37.3 Å². The Labute approximate surface area is 112 Å². The minimum Gasteiger partial charge on any atom is -0.309 e. The van der Waals surface area contributed by atoms with Crippen molar-refractivity contribution in [1.29, 1.82) is 0 Å². The van der Waals surface area contributed by atoms with Gasteiger partial charge >= 0.3 is 0 Å². The highest BCUT2D eigenvalue weighted by molar-refractivity contribution is 5.91. The van der Waals surface area contributed by atoms with E-state index < -0.39 is 0 Å². The number of carbonyl (C=O) groups excluding carboxylic acids is 1. The summed E-state index contributed by atoms with van der Waals surface area (Å²) in [6.07, 6.45) is 2.83. The first-order chi connectivity index (χ1) is 9.22. The molecule has 1 aliphatic carbocycles. The Kier molecular flexibility index (Phi) is 3.07. The molecule has 0 radical (unpaired) electrons. The fraction of sp³-hybridized carbons (Fsp3) is 0.333. The number of anilines is 1. The number of rotatable bonds is 4. The van der Waals surface area contributed by atoms with Crippen LogP contribution in [0.5, 0.6) is 0 Å². The summed E-state index contributed by atoms with van der Waals surface area (Å²) in [5.74, 6) is 1.22. The molecular formula is C15H17N3O. The maximum atomic E-state index is 12.0. The van der Waals surface area contributed by atoms with Crippen LogP contribution in [0.15, 0.2) is 30.3 Å². The molecule has 0 bridgehead atoms. The molecule has 4 nitrogen and oxygen atoms in total. The third kappa shape index (κ3) is 2.84. The van der Waals surface area contributed by atoms with Crippen molar-refractivity contribution in [2.24, 2.45) is 0 Å². The summed E-state index contributed by atoms with van der Waals surface area (Å²) in [4.78, 5) is 12.0. The van der Waals surface area contributed by atoms with Crippen molar-refractivity contribution in [2.45, 2.75) is 32.1 Å². The van der Waals surface area contributed by atoms with E-state index in [9.17, 15) is 4.79 Å². The smallest absolute Gasteiger partial charge is 0.230 e. The molecule has 1 amide bonds. The number of nitrogens with one attached hydrogen (secondary N) is 2. The topological polar surface area (TPSA) is 57.8 Å². The number of aryl methyl sites for hydroxylation is 1. The number of aromatic amines is 1. The number of benzene rings is 1. The van der Waals surface area contributed by atoms with Crippen LogP contribution in [0.4, 0.5) is 5.82 Å². The molecule has 0 unspecified atom stereocenters. The van der Waals surface area contributed by atoms with Gasteiger partial charge in [-0.15, -0.1) is 0 Å². The van der Waals surface area contributed by atoms with E-state index in [0.29, 0.717) is 18.2 Å². The van der Waals surface area contributed by atoms with Gasteiger partial charge in [0.05, 0.1) is 6.42 Å². The van der Waals surface area contributed by atoms with Gasteiger partial charge < -0.3 is 5.32 Å². The van der Waals surface area contributed by atoms with Crippen LogP contribution in [0.3, 0.4) is 0 Å². The molecule has 4 heteroatoms. The van der Waals surface area contributed by atoms with E-state index in [1.54, 1.807) is 0 Å². The Morgan fingerprint density at radius 2 is 2.21 bits per heavy atom. The molecule has 0 atom stereocenters. The van der Waals surface area contributed by atoms with E-state index in [-0.39, 0.29) is 5.91 Å². The molecule has 0 aliphatic heterocycles. The number of aromatic nitrogens is 2. The normalized spacial score (nSPS) is 14.4. The number of nitrogens with zero attached hydrogens (tertiary/aromatic N) is 1. The first kappa shape index (κ1) is 12.0. The second-order valence-electron chi connectivity index (χ2n) is 5.13. The second kappa shape index (κ2) is 4.88. The monoisotopic (exact) mass is 255 g/mol. The van der Waals surface area contributed by atoms with Crippen LogP contribution >= 0.6 is 0 Å². The average Bonchev–Trinajstić information content (AvgIpc) is 3.14. The van der Waals surface area contributed by atoms with Gasteiger partial charge in [-0.3, -0.25) is 9.89 Å². The zero-order valence-corrected chi connectivity index (χ0v) is 10.9. The standard InChI is InChI=1S/C15H17N3O/c1-10-4-2-3-5-12(10)8-15(19)16-14-9-13(17-18-14)11-6-7-11/h2-5,9,11H,6-8H2,1H3,(H2,16,17,18,19). The lowest BCUT2D eigenvalue weighted by molar-refractivity contribution is -0.115. The van der Waals surface area contributed by atoms with Crippen LogP contribution in [0.1, 0.15) is 35.6 Å². The summed E-state index contributed by atoms with van der Waals surface area (Å²) >= 11 is 0. The van der Waals surface area contributed by atoms with Crippen LogP contribution in [0.25, 0.3) is 0 Å². The number of H-pyrrole nitrogens is 1. The zero-order chi connectivity index (χ0) is 13.2. The molecule has 1 aliphatic rings. The summed E-state index contributed by atoms with van der Waals surface area (Å²) < 4.78 is 0. The van der Waals surface area contributed by atoms with Gasteiger partial charge in [0.1, 0.15) is 0 Å².